The number of amides is 2. The van der Waals surface area contributed by atoms with Gasteiger partial charge in [0.05, 0.1) is 0 Å². The Morgan fingerprint density at radius 2 is 1.65 bits per heavy atom. The van der Waals surface area contributed by atoms with E-state index in [0.717, 1.165) is 24.1 Å². The van der Waals surface area contributed by atoms with Crippen LogP contribution in [0.4, 0.5) is 11.4 Å². The predicted molar refractivity (Wildman–Crippen MR) is 91.7 cm³/mol. The molecule has 0 unspecified atom stereocenters. The molecular formula is C19H20N2O2. The minimum atomic E-state index is -0.184. The van der Waals surface area contributed by atoms with E-state index in [-0.39, 0.29) is 17.7 Å². The molecule has 0 bridgehead atoms. The summed E-state index contributed by atoms with van der Waals surface area (Å²) in [6.45, 7) is 4.05. The molecule has 1 aliphatic carbocycles. The molecule has 0 spiro atoms. The molecule has 4 nitrogen and oxygen atoms in total. The van der Waals surface area contributed by atoms with Crippen molar-refractivity contribution in [3.8, 4) is 0 Å². The lowest BCUT2D eigenvalue weighted by atomic mass is 10.1. The van der Waals surface area contributed by atoms with Crippen LogP contribution in [0.15, 0.2) is 42.5 Å². The van der Waals surface area contributed by atoms with Gasteiger partial charge in [-0.3, -0.25) is 9.59 Å². The number of hydrogen-bond acceptors (Lipinski definition) is 2. The highest BCUT2D eigenvalue weighted by atomic mass is 16.2. The highest BCUT2D eigenvalue weighted by Gasteiger charge is 2.29. The molecule has 0 saturated heterocycles. The van der Waals surface area contributed by atoms with Crippen LogP contribution in [0, 0.1) is 19.8 Å². The number of hydrogen-bond donors (Lipinski definition) is 2. The Labute approximate surface area is 135 Å². The maximum absolute atomic E-state index is 12.4. The van der Waals surface area contributed by atoms with Crippen LogP contribution >= 0.6 is 0 Å². The molecule has 1 aliphatic rings. The molecule has 3 rings (SSSR count). The zero-order chi connectivity index (χ0) is 16.4. The van der Waals surface area contributed by atoms with Gasteiger partial charge in [0, 0.05) is 22.9 Å². The Balaban J connectivity index is 1.71. The van der Waals surface area contributed by atoms with Gasteiger partial charge in [-0.15, -0.1) is 0 Å². The molecule has 0 radical (unpaired) electrons. The minimum absolute atomic E-state index is 0.0386. The molecule has 1 saturated carbocycles. The van der Waals surface area contributed by atoms with Gasteiger partial charge >= 0.3 is 0 Å². The van der Waals surface area contributed by atoms with Gasteiger partial charge in [0.1, 0.15) is 0 Å². The van der Waals surface area contributed by atoms with Crippen molar-refractivity contribution in [2.24, 2.45) is 5.92 Å². The van der Waals surface area contributed by atoms with Crippen molar-refractivity contribution < 1.29 is 9.59 Å². The zero-order valence-corrected chi connectivity index (χ0v) is 13.3. The lowest BCUT2D eigenvalue weighted by Crippen LogP contribution is -2.15. The fraction of sp³-hybridized carbons (Fsp3) is 0.263. The van der Waals surface area contributed by atoms with Gasteiger partial charge in [0.15, 0.2) is 0 Å². The summed E-state index contributed by atoms with van der Waals surface area (Å²) in [5.41, 5.74) is 4.28. The third kappa shape index (κ3) is 3.77. The number of anilines is 2. The smallest absolute Gasteiger partial charge is 0.255 e. The summed E-state index contributed by atoms with van der Waals surface area (Å²) < 4.78 is 0. The second-order valence-electron chi connectivity index (χ2n) is 6.10. The Kier molecular flexibility index (Phi) is 4.15. The molecule has 0 aromatic heterocycles. The van der Waals surface area contributed by atoms with E-state index in [0.29, 0.717) is 11.3 Å². The summed E-state index contributed by atoms with van der Waals surface area (Å²) in [5.74, 6) is -0.00416. The van der Waals surface area contributed by atoms with E-state index in [1.807, 2.05) is 32.0 Å². The van der Waals surface area contributed by atoms with Crippen molar-refractivity contribution in [2.75, 3.05) is 10.6 Å². The monoisotopic (exact) mass is 308 g/mol. The van der Waals surface area contributed by atoms with E-state index < -0.39 is 0 Å². The molecule has 4 heteroatoms. The molecule has 2 aromatic rings. The van der Waals surface area contributed by atoms with Gasteiger partial charge in [-0.25, -0.2) is 0 Å². The summed E-state index contributed by atoms with van der Waals surface area (Å²) in [7, 11) is 0. The van der Waals surface area contributed by atoms with Crippen LogP contribution in [0.1, 0.15) is 34.3 Å². The van der Waals surface area contributed by atoms with Crippen molar-refractivity contribution in [1.82, 2.24) is 0 Å². The van der Waals surface area contributed by atoms with Gasteiger partial charge in [0.2, 0.25) is 5.91 Å². The molecule has 23 heavy (non-hydrogen) atoms. The molecule has 0 atom stereocenters. The first-order valence-electron chi connectivity index (χ1n) is 7.82. The SMILES string of the molecule is Cc1ccc(NC(=O)c2cccc(NC(=O)C3CC3)c2)cc1C. The van der Waals surface area contributed by atoms with Gasteiger partial charge in [-0.2, -0.15) is 0 Å². The van der Waals surface area contributed by atoms with Crippen LogP contribution in [0.2, 0.25) is 0 Å². The lowest BCUT2D eigenvalue weighted by Gasteiger charge is -2.09. The molecule has 1 fully saturated rings. The fourth-order valence-electron chi connectivity index (χ4n) is 2.35. The van der Waals surface area contributed by atoms with Crippen molar-refractivity contribution in [1.29, 1.82) is 0 Å². The maximum Gasteiger partial charge on any atom is 0.255 e. The Morgan fingerprint density at radius 3 is 2.35 bits per heavy atom. The summed E-state index contributed by atoms with van der Waals surface area (Å²) in [5, 5.41) is 5.75. The maximum atomic E-state index is 12.4. The molecule has 2 N–H and O–H groups in total. The summed E-state index contributed by atoms with van der Waals surface area (Å²) >= 11 is 0. The minimum Gasteiger partial charge on any atom is -0.326 e. The van der Waals surface area contributed by atoms with E-state index in [1.54, 1.807) is 24.3 Å². The van der Waals surface area contributed by atoms with Crippen molar-refractivity contribution in [2.45, 2.75) is 26.7 Å². The van der Waals surface area contributed by atoms with Crippen LogP contribution in [0.25, 0.3) is 0 Å². The number of aryl methyl sites for hydroxylation is 2. The summed E-state index contributed by atoms with van der Waals surface area (Å²) in [6, 6.07) is 12.8. The molecule has 118 valence electrons. The van der Waals surface area contributed by atoms with Crippen LogP contribution < -0.4 is 10.6 Å². The quantitative estimate of drug-likeness (QED) is 0.900. The third-order valence-corrected chi connectivity index (χ3v) is 4.11. The number of nitrogens with one attached hydrogen (secondary N) is 2. The molecular weight excluding hydrogens is 288 g/mol. The Morgan fingerprint density at radius 1 is 0.913 bits per heavy atom. The van der Waals surface area contributed by atoms with Gasteiger partial charge < -0.3 is 10.6 Å². The first-order valence-corrected chi connectivity index (χ1v) is 7.82. The highest BCUT2D eigenvalue weighted by molar-refractivity contribution is 6.05. The standard InChI is InChI=1S/C19H20N2O2/c1-12-6-9-17(10-13(12)2)21-19(23)15-4-3-5-16(11-15)20-18(22)14-7-8-14/h3-6,9-11,14H,7-8H2,1-2H3,(H,20,22)(H,21,23). The van der Waals surface area contributed by atoms with Crippen LogP contribution in [0.3, 0.4) is 0 Å². The van der Waals surface area contributed by atoms with Crippen molar-refractivity contribution >= 4 is 23.2 Å². The topological polar surface area (TPSA) is 58.2 Å². The predicted octanol–water partition coefficient (Wildman–Crippen LogP) is 3.90. The van der Waals surface area contributed by atoms with Crippen LogP contribution in [-0.4, -0.2) is 11.8 Å². The normalized spacial score (nSPS) is 13.5. The fourth-order valence-corrected chi connectivity index (χ4v) is 2.35. The van der Waals surface area contributed by atoms with E-state index in [4.69, 9.17) is 0 Å². The van der Waals surface area contributed by atoms with Gasteiger partial charge in [-0.1, -0.05) is 12.1 Å². The number of rotatable bonds is 4. The van der Waals surface area contributed by atoms with Crippen LogP contribution in [-0.2, 0) is 4.79 Å². The molecule has 2 amide bonds. The molecule has 0 aliphatic heterocycles. The third-order valence-electron chi connectivity index (χ3n) is 4.11. The molecule has 0 heterocycles. The second-order valence-corrected chi connectivity index (χ2v) is 6.10. The number of carbonyl (C=O) groups excluding carboxylic acids is 2. The van der Waals surface area contributed by atoms with Gasteiger partial charge in [-0.05, 0) is 68.1 Å². The van der Waals surface area contributed by atoms with E-state index >= 15 is 0 Å². The van der Waals surface area contributed by atoms with Crippen molar-refractivity contribution in [3.63, 3.8) is 0 Å². The summed E-state index contributed by atoms with van der Waals surface area (Å²) in [6.07, 6.45) is 1.91. The van der Waals surface area contributed by atoms with Gasteiger partial charge in [0.25, 0.3) is 5.91 Å². The summed E-state index contributed by atoms with van der Waals surface area (Å²) in [4.78, 5) is 24.2. The van der Waals surface area contributed by atoms with Crippen LogP contribution in [0.5, 0.6) is 0 Å². The van der Waals surface area contributed by atoms with E-state index in [1.165, 1.54) is 5.56 Å². The number of benzene rings is 2. The molecule has 2 aromatic carbocycles. The first-order chi connectivity index (χ1) is 11.0. The van der Waals surface area contributed by atoms with E-state index in [2.05, 4.69) is 10.6 Å². The number of carbonyl (C=O) groups is 2. The second kappa shape index (κ2) is 6.24. The Bertz CT molecular complexity index is 764. The van der Waals surface area contributed by atoms with Crippen molar-refractivity contribution in [3.05, 3.63) is 59.2 Å². The van der Waals surface area contributed by atoms with E-state index in [9.17, 15) is 9.59 Å². The Hall–Kier alpha value is -2.62. The lowest BCUT2D eigenvalue weighted by molar-refractivity contribution is -0.117. The average molecular weight is 308 g/mol. The first kappa shape index (κ1) is 15.3. The zero-order valence-electron chi connectivity index (χ0n) is 13.3. The largest absolute Gasteiger partial charge is 0.326 e. The average Bonchev–Trinajstić information content (AvgIpc) is 3.36. The highest BCUT2D eigenvalue weighted by Crippen LogP contribution is 2.30.